The molecule has 0 aliphatic heterocycles. The minimum atomic E-state index is -0.212. The van der Waals surface area contributed by atoms with E-state index in [0.29, 0.717) is 0 Å². The summed E-state index contributed by atoms with van der Waals surface area (Å²) in [7, 11) is 1.98. The van der Waals surface area contributed by atoms with Crippen molar-refractivity contribution >= 4 is 5.69 Å². The van der Waals surface area contributed by atoms with Crippen LogP contribution in [0.25, 0.3) is 0 Å². The topological polar surface area (TPSA) is 29.3 Å². The third-order valence-corrected chi connectivity index (χ3v) is 3.42. The van der Waals surface area contributed by atoms with Crippen LogP contribution in [0.15, 0.2) is 54.6 Å². The van der Waals surface area contributed by atoms with Crippen LogP contribution in [0.5, 0.6) is 0 Å². The number of benzene rings is 2. The second-order valence-corrected chi connectivity index (χ2v) is 5.14. The van der Waals surface area contributed by atoms with E-state index in [2.05, 4.69) is 17.0 Å². The van der Waals surface area contributed by atoms with E-state index in [0.717, 1.165) is 25.1 Å². The highest BCUT2D eigenvalue weighted by Gasteiger charge is 2.08. The van der Waals surface area contributed by atoms with E-state index in [4.69, 9.17) is 5.73 Å². The molecule has 0 saturated heterocycles. The predicted octanol–water partition coefficient (Wildman–Crippen LogP) is 3.22. The third-order valence-electron chi connectivity index (χ3n) is 3.42. The SMILES string of the molecule is CN(CC(N)CCc1ccccc1)c1ccc(F)cc1. The molecule has 0 aliphatic rings. The Morgan fingerprint density at radius 3 is 2.35 bits per heavy atom. The maximum absolute atomic E-state index is 12.9. The van der Waals surface area contributed by atoms with Gasteiger partial charge in [0.15, 0.2) is 0 Å². The summed E-state index contributed by atoms with van der Waals surface area (Å²) < 4.78 is 12.9. The van der Waals surface area contributed by atoms with Gasteiger partial charge in [-0.3, -0.25) is 0 Å². The summed E-state index contributed by atoms with van der Waals surface area (Å²) >= 11 is 0. The highest BCUT2D eigenvalue weighted by Crippen LogP contribution is 2.14. The number of nitrogens with two attached hydrogens (primary N) is 1. The van der Waals surface area contributed by atoms with Crippen LogP contribution in [-0.4, -0.2) is 19.6 Å². The van der Waals surface area contributed by atoms with E-state index in [1.54, 1.807) is 12.1 Å². The molecule has 0 amide bonds. The summed E-state index contributed by atoms with van der Waals surface area (Å²) in [6.07, 6.45) is 1.93. The Kier molecular flexibility index (Phi) is 5.13. The Bertz CT molecular complexity index is 510. The Hall–Kier alpha value is -1.87. The Morgan fingerprint density at radius 1 is 1.05 bits per heavy atom. The lowest BCUT2D eigenvalue weighted by atomic mass is 10.1. The summed E-state index contributed by atoms with van der Waals surface area (Å²) in [4.78, 5) is 2.06. The lowest BCUT2D eigenvalue weighted by Crippen LogP contribution is -2.35. The van der Waals surface area contributed by atoms with Crippen molar-refractivity contribution in [3.8, 4) is 0 Å². The van der Waals surface area contributed by atoms with Gasteiger partial charge in [-0.2, -0.15) is 0 Å². The molecule has 0 heterocycles. The quantitative estimate of drug-likeness (QED) is 0.875. The molecule has 2 nitrogen and oxygen atoms in total. The van der Waals surface area contributed by atoms with Gasteiger partial charge in [0.2, 0.25) is 0 Å². The summed E-state index contributed by atoms with van der Waals surface area (Å²) in [5.41, 5.74) is 8.47. The molecule has 2 rings (SSSR count). The molecule has 3 heteroatoms. The van der Waals surface area contributed by atoms with Gasteiger partial charge in [0.05, 0.1) is 0 Å². The van der Waals surface area contributed by atoms with Crippen LogP contribution in [0.4, 0.5) is 10.1 Å². The standard InChI is InChI=1S/C17H21FN2/c1-20(17-11-8-15(18)9-12-17)13-16(19)10-7-14-5-3-2-4-6-14/h2-6,8-9,11-12,16H,7,10,13,19H2,1H3. The van der Waals surface area contributed by atoms with Crippen LogP contribution < -0.4 is 10.6 Å². The summed E-state index contributed by atoms with van der Waals surface area (Å²) in [6, 6.07) is 17.0. The molecule has 0 aliphatic carbocycles. The van der Waals surface area contributed by atoms with Crippen molar-refractivity contribution in [2.75, 3.05) is 18.5 Å². The maximum Gasteiger partial charge on any atom is 0.123 e. The zero-order chi connectivity index (χ0) is 14.4. The molecule has 1 atom stereocenters. The number of hydrogen-bond donors (Lipinski definition) is 1. The van der Waals surface area contributed by atoms with Crippen molar-refractivity contribution in [3.05, 3.63) is 66.0 Å². The van der Waals surface area contributed by atoms with E-state index < -0.39 is 0 Å². The fourth-order valence-corrected chi connectivity index (χ4v) is 2.24. The smallest absolute Gasteiger partial charge is 0.123 e. The monoisotopic (exact) mass is 272 g/mol. The number of anilines is 1. The van der Waals surface area contributed by atoms with E-state index >= 15 is 0 Å². The normalized spacial score (nSPS) is 12.2. The van der Waals surface area contributed by atoms with E-state index in [1.165, 1.54) is 17.7 Å². The van der Waals surface area contributed by atoms with Crippen molar-refractivity contribution in [2.24, 2.45) is 5.73 Å². The second kappa shape index (κ2) is 7.06. The average Bonchev–Trinajstić information content (AvgIpc) is 2.47. The minimum absolute atomic E-state index is 0.102. The van der Waals surface area contributed by atoms with Gasteiger partial charge in [-0.25, -0.2) is 4.39 Å². The fourth-order valence-electron chi connectivity index (χ4n) is 2.24. The molecule has 2 aromatic rings. The Balaban J connectivity index is 1.82. The Morgan fingerprint density at radius 2 is 1.70 bits per heavy atom. The van der Waals surface area contributed by atoms with Gasteiger partial charge in [-0.15, -0.1) is 0 Å². The number of nitrogens with zero attached hydrogens (tertiary/aromatic N) is 1. The van der Waals surface area contributed by atoms with Gasteiger partial charge in [0.25, 0.3) is 0 Å². The van der Waals surface area contributed by atoms with Crippen molar-refractivity contribution in [3.63, 3.8) is 0 Å². The molecule has 0 spiro atoms. The van der Waals surface area contributed by atoms with Crippen LogP contribution in [0.1, 0.15) is 12.0 Å². The number of halogens is 1. The highest BCUT2D eigenvalue weighted by atomic mass is 19.1. The van der Waals surface area contributed by atoms with Crippen molar-refractivity contribution in [1.82, 2.24) is 0 Å². The first-order chi connectivity index (χ1) is 9.65. The molecule has 1 unspecified atom stereocenters. The zero-order valence-corrected chi connectivity index (χ0v) is 11.8. The molecular weight excluding hydrogens is 251 g/mol. The van der Waals surface area contributed by atoms with Crippen LogP contribution in [0.3, 0.4) is 0 Å². The van der Waals surface area contributed by atoms with Gasteiger partial charge in [-0.1, -0.05) is 30.3 Å². The first kappa shape index (κ1) is 14.5. The lowest BCUT2D eigenvalue weighted by molar-refractivity contribution is 0.605. The van der Waals surface area contributed by atoms with Crippen molar-refractivity contribution < 1.29 is 4.39 Å². The average molecular weight is 272 g/mol. The lowest BCUT2D eigenvalue weighted by Gasteiger charge is -2.23. The van der Waals surface area contributed by atoms with Crippen molar-refractivity contribution in [1.29, 1.82) is 0 Å². The maximum atomic E-state index is 12.9. The summed E-state index contributed by atoms with van der Waals surface area (Å²) in [5, 5.41) is 0. The number of hydrogen-bond acceptors (Lipinski definition) is 2. The summed E-state index contributed by atoms with van der Waals surface area (Å²) in [5.74, 6) is -0.212. The predicted molar refractivity (Wildman–Crippen MR) is 82.4 cm³/mol. The largest absolute Gasteiger partial charge is 0.373 e. The van der Waals surface area contributed by atoms with Crippen LogP contribution in [0.2, 0.25) is 0 Å². The van der Waals surface area contributed by atoms with E-state index in [9.17, 15) is 4.39 Å². The second-order valence-electron chi connectivity index (χ2n) is 5.14. The molecule has 0 radical (unpaired) electrons. The van der Waals surface area contributed by atoms with Gasteiger partial charge >= 0.3 is 0 Å². The van der Waals surface area contributed by atoms with Crippen LogP contribution >= 0.6 is 0 Å². The van der Waals surface area contributed by atoms with Gasteiger partial charge < -0.3 is 10.6 Å². The molecule has 0 aromatic heterocycles. The molecule has 106 valence electrons. The molecule has 0 saturated carbocycles. The molecule has 20 heavy (non-hydrogen) atoms. The Labute approximate surface area is 120 Å². The number of rotatable bonds is 6. The van der Waals surface area contributed by atoms with E-state index in [1.807, 2.05) is 25.2 Å². The van der Waals surface area contributed by atoms with Gasteiger partial charge in [0, 0.05) is 25.3 Å². The van der Waals surface area contributed by atoms with Crippen LogP contribution in [-0.2, 0) is 6.42 Å². The molecular formula is C17H21FN2. The van der Waals surface area contributed by atoms with E-state index in [-0.39, 0.29) is 11.9 Å². The fraction of sp³-hybridized carbons (Fsp3) is 0.294. The first-order valence-electron chi connectivity index (χ1n) is 6.91. The van der Waals surface area contributed by atoms with Gasteiger partial charge in [-0.05, 0) is 42.7 Å². The first-order valence-corrected chi connectivity index (χ1v) is 6.91. The molecule has 2 N–H and O–H groups in total. The minimum Gasteiger partial charge on any atom is -0.373 e. The highest BCUT2D eigenvalue weighted by molar-refractivity contribution is 5.45. The molecule has 0 fully saturated rings. The molecule has 2 aromatic carbocycles. The summed E-state index contributed by atoms with van der Waals surface area (Å²) in [6.45, 7) is 0.762. The molecule has 0 bridgehead atoms. The van der Waals surface area contributed by atoms with Crippen molar-refractivity contribution in [2.45, 2.75) is 18.9 Å². The van der Waals surface area contributed by atoms with Gasteiger partial charge in [0.1, 0.15) is 5.82 Å². The third kappa shape index (κ3) is 4.35. The zero-order valence-electron chi connectivity index (χ0n) is 11.8. The number of likely N-dealkylation sites (N-methyl/N-ethyl adjacent to an activating group) is 1. The van der Waals surface area contributed by atoms with Crippen LogP contribution in [0, 0.1) is 5.82 Å². The number of aryl methyl sites for hydroxylation is 1.